The van der Waals surface area contributed by atoms with Crippen LogP contribution in [0.5, 0.6) is 5.88 Å². The summed E-state index contributed by atoms with van der Waals surface area (Å²) in [5, 5.41) is 0.726. The number of piperazine rings is 1. The first kappa shape index (κ1) is 22.4. The summed E-state index contributed by atoms with van der Waals surface area (Å²) in [7, 11) is 0. The third kappa shape index (κ3) is 3.24. The standard InChI is InChI=1S/C24H30ClFN4O3/c1-11-12(2)27-20-16-15(11)17(26)19(25)28-21(16)32-13(3)18-14-8-9-24(7,10-29(18)20)30(14)22(31)33-23(4,5)6/h13-14,18H,8-10H2,1-7H3/t13?,14-,18+,24+/m0/s1. The number of pyridine rings is 2. The topological polar surface area (TPSA) is 67.8 Å². The number of fused-ring (bicyclic) bond motifs is 5. The number of hydrogen-bond donors (Lipinski definition) is 0. The first-order valence-corrected chi connectivity index (χ1v) is 11.8. The van der Waals surface area contributed by atoms with Gasteiger partial charge in [0.05, 0.1) is 23.0 Å². The molecule has 5 rings (SSSR count). The third-order valence-corrected chi connectivity index (χ3v) is 7.53. The van der Waals surface area contributed by atoms with E-state index in [1.165, 1.54) is 0 Å². The highest BCUT2D eigenvalue weighted by molar-refractivity contribution is 6.30. The van der Waals surface area contributed by atoms with E-state index in [4.69, 9.17) is 26.1 Å². The Kier molecular flexibility index (Phi) is 4.81. The molecule has 2 bridgehead atoms. The van der Waals surface area contributed by atoms with Crippen LogP contribution in [-0.2, 0) is 4.74 Å². The van der Waals surface area contributed by atoms with Crippen LogP contribution in [0.15, 0.2) is 0 Å². The molecule has 0 aliphatic carbocycles. The minimum atomic E-state index is -0.591. The molecule has 3 aliphatic rings. The van der Waals surface area contributed by atoms with E-state index < -0.39 is 17.0 Å². The number of hydrogen-bond acceptors (Lipinski definition) is 6. The van der Waals surface area contributed by atoms with Crippen LogP contribution in [0.1, 0.15) is 58.7 Å². The second kappa shape index (κ2) is 7.08. The Hall–Kier alpha value is -2.35. The maximum Gasteiger partial charge on any atom is 0.411 e. The second-order valence-corrected chi connectivity index (χ2v) is 11.2. The van der Waals surface area contributed by atoms with Crippen LogP contribution in [0.25, 0.3) is 10.8 Å². The van der Waals surface area contributed by atoms with Crippen LogP contribution in [0.2, 0.25) is 5.15 Å². The van der Waals surface area contributed by atoms with Gasteiger partial charge in [0.15, 0.2) is 11.0 Å². The molecule has 5 heterocycles. The first-order valence-electron chi connectivity index (χ1n) is 11.4. The van der Waals surface area contributed by atoms with E-state index in [1.807, 2.05) is 46.4 Å². The van der Waals surface area contributed by atoms with Crippen molar-refractivity contribution in [1.82, 2.24) is 14.9 Å². The van der Waals surface area contributed by atoms with Gasteiger partial charge < -0.3 is 14.4 Å². The van der Waals surface area contributed by atoms with Crippen LogP contribution < -0.4 is 9.64 Å². The summed E-state index contributed by atoms with van der Waals surface area (Å²) >= 11 is 6.17. The van der Waals surface area contributed by atoms with Gasteiger partial charge >= 0.3 is 6.09 Å². The highest BCUT2D eigenvalue weighted by Crippen LogP contribution is 2.49. The van der Waals surface area contributed by atoms with E-state index in [0.29, 0.717) is 28.7 Å². The fourth-order valence-corrected chi connectivity index (χ4v) is 5.98. The molecule has 1 unspecified atom stereocenters. The van der Waals surface area contributed by atoms with Crippen molar-refractivity contribution >= 4 is 34.3 Å². The predicted molar refractivity (Wildman–Crippen MR) is 125 cm³/mol. The van der Waals surface area contributed by atoms with Crippen molar-refractivity contribution in [2.45, 2.75) is 90.6 Å². The number of halogens is 2. The van der Waals surface area contributed by atoms with Crippen LogP contribution in [-0.4, -0.2) is 56.8 Å². The Morgan fingerprint density at radius 3 is 2.64 bits per heavy atom. The summed E-state index contributed by atoms with van der Waals surface area (Å²) in [6.45, 7) is 13.9. The molecule has 2 saturated heterocycles. The zero-order valence-electron chi connectivity index (χ0n) is 20.1. The molecular formula is C24H30ClFN4O3. The minimum absolute atomic E-state index is 0.137. The van der Waals surface area contributed by atoms with E-state index >= 15 is 4.39 Å². The SMILES string of the molecule is Cc1nc2c3c(nc(Cl)c(F)c3c1C)OC(C)[C@@H]1[C@@H]3CC[C@](C)(CN21)N3C(=O)OC(C)(C)C. The highest BCUT2D eigenvalue weighted by atomic mass is 35.5. The predicted octanol–water partition coefficient (Wildman–Crippen LogP) is 5.17. The normalized spacial score (nSPS) is 28.5. The molecule has 33 heavy (non-hydrogen) atoms. The molecule has 0 N–H and O–H groups in total. The molecule has 2 aromatic heterocycles. The van der Waals surface area contributed by atoms with Gasteiger partial charge in [-0.2, -0.15) is 4.98 Å². The van der Waals surface area contributed by atoms with Gasteiger partial charge in [0, 0.05) is 17.6 Å². The quantitative estimate of drug-likeness (QED) is 0.489. The van der Waals surface area contributed by atoms with Crippen LogP contribution >= 0.6 is 11.6 Å². The molecular weight excluding hydrogens is 447 g/mol. The van der Waals surface area contributed by atoms with Crippen LogP contribution in [0.3, 0.4) is 0 Å². The zero-order valence-corrected chi connectivity index (χ0v) is 20.9. The molecule has 2 fully saturated rings. The average Bonchev–Trinajstić information content (AvgIpc) is 2.88. The highest BCUT2D eigenvalue weighted by Gasteiger charge is 2.58. The van der Waals surface area contributed by atoms with Crippen molar-refractivity contribution < 1.29 is 18.7 Å². The molecule has 4 atom stereocenters. The minimum Gasteiger partial charge on any atom is -0.472 e. The molecule has 0 radical (unpaired) electrons. The van der Waals surface area contributed by atoms with E-state index in [1.54, 1.807) is 0 Å². The molecule has 3 aliphatic heterocycles. The molecule has 9 heteroatoms. The zero-order chi connectivity index (χ0) is 24.0. The van der Waals surface area contributed by atoms with E-state index in [0.717, 1.165) is 18.5 Å². The Labute approximate surface area is 198 Å². The van der Waals surface area contributed by atoms with Gasteiger partial charge in [0.25, 0.3) is 0 Å². The van der Waals surface area contributed by atoms with Gasteiger partial charge in [0.2, 0.25) is 5.88 Å². The number of aryl methyl sites for hydroxylation is 2. The number of anilines is 1. The summed E-state index contributed by atoms with van der Waals surface area (Å²) in [6.07, 6.45) is 1.00. The first-order chi connectivity index (χ1) is 15.3. The van der Waals surface area contributed by atoms with Crippen molar-refractivity contribution in [1.29, 1.82) is 0 Å². The molecule has 7 nitrogen and oxygen atoms in total. The number of ether oxygens (including phenoxy) is 2. The largest absolute Gasteiger partial charge is 0.472 e. The lowest BCUT2D eigenvalue weighted by Crippen LogP contribution is -2.69. The van der Waals surface area contributed by atoms with Crippen molar-refractivity contribution in [3.05, 3.63) is 22.2 Å². The Balaban J connectivity index is 1.69. The van der Waals surface area contributed by atoms with Gasteiger partial charge in [-0.25, -0.2) is 14.2 Å². The Bertz CT molecular complexity index is 1170. The van der Waals surface area contributed by atoms with Gasteiger partial charge in [-0.05, 0) is 66.9 Å². The van der Waals surface area contributed by atoms with E-state index in [2.05, 4.69) is 16.8 Å². The fourth-order valence-electron chi connectivity index (χ4n) is 5.81. The maximum absolute atomic E-state index is 15.2. The van der Waals surface area contributed by atoms with Gasteiger partial charge in [-0.3, -0.25) is 4.90 Å². The Morgan fingerprint density at radius 2 is 1.97 bits per heavy atom. The van der Waals surface area contributed by atoms with Crippen LogP contribution in [0.4, 0.5) is 15.0 Å². The lowest BCUT2D eigenvalue weighted by Gasteiger charge is -2.52. The summed E-state index contributed by atoms with van der Waals surface area (Å²) in [5.74, 6) is 0.368. The number of carbonyl (C=O) groups is 1. The van der Waals surface area contributed by atoms with E-state index in [9.17, 15) is 4.79 Å². The molecule has 2 aromatic rings. The lowest BCUT2D eigenvalue weighted by atomic mass is 9.93. The van der Waals surface area contributed by atoms with Crippen molar-refractivity contribution in [3.8, 4) is 5.88 Å². The monoisotopic (exact) mass is 476 g/mol. The van der Waals surface area contributed by atoms with Crippen molar-refractivity contribution in [2.24, 2.45) is 0 Å². The third-order valence-electron chi connectivity index (χ3n) is 7.28. The van der Waals surface area contributed by atoms with Gasteiger partial charge in [-0.1, -0.05) is 11.6 Å². The molecule has 0 saturated carbocycles. The number of rotatable bonds is 0. The molecule has 178 valence electrons. The van der Waals surface area contributed by atoms with Gasteiger partial charge in [0.1, 0.15) is 17.5 Å². The van der Waals surface area contributed by atoms with Crippen molar-refractivity contribution in [3.63, 3.8) is 0 Å². The maximum atomic E-state index is 15.2. The van der Waals surface area contributed by atoms with E-state index in [-0.39, 0.29) is 35.3 Å². The molecule has 0 spiro atoms. The van der Waals surface area contributed by atoms with Crippen molar-refractivity contribution in [2.75, 3.05) is 11.4 Å². The number of nitrogens with zero attached hydrogens (tertiary/aromatic N) is 4. The fraction of sp³-hybridized carbons (Fsp3) is 0.625. The number of amides is 1. The van der Waals surface area contributed by atoms with Gasteiger partial charge in [-0.15, -0.1) is 0 Å². The number of aromatic nitrogens is 2. The summed E-state index contributed by atoms with van der Waals surface area (Å²) in [5.41, 5.74) is 0.406. The second-order valence-electron chi connectivity index (χ2n) is 10.8. The molecule has 1 amide bonds. The smallest absolute Gasteiger partial charge is 0.411 e. The summed E-state index contributed by atoms with van der Waals surface area (Å²) in [4.78, 5) is 26.5. The summed E-state index contributed by atoms with van der Waals surface area (Å²) < 4.78 is 27.3. The average molecular weight is 477 g/mol. The Morgan fingerprint density at radius 1 is 1.27 bits per heavy atom. The summed E-state index contributed by atoms with van der Waals surface area (Å²) in [6, 6.07) is -0.330. The lowest BCUT2D eigenvalue weighted by molar-refractivity contribution is -0.0165. The van der Waals surface area contributed by atoms with Crippen LogP contribution in [0, 0.1) is 19.7 Å². The molecule has 0 aromatic carbocycles. The number of carbonyl (C=O) groups excluding carboxylic acids is 1.